The van der Waals surface area contributed by atoms with Gasteiger partial charge in [-0.3, -0.25) is 14.9 Å². The molecule has 2 aromatic carbocycles. The Kier molecular flexibility index (Phi) is 5.03. The Hall–Kier alpha value is -3.46. The minimum absolute atomic E-state index is 0.0490. The van der Waals surface area contributed by atoms with Crippen LogP contribution in [0.15, 0.2) is 42.5 Å². The Bertz CT molecular complexity index is 1140. The Morgan fingerprint density at radius 2 is 1.97 bits per heavy atom. The fourth-order valence-electron chi connectivity index (χ4n) is 3.69. The molecule has 0 unspecified atom stereocenters. The number of aryl methyl sites for hydroxylation is 1. The maximum absolute atomic E-state index is 12.6. The second-order valence-corrected chi connectivity index (χ2v) is 8.40. The highest BCUT2D eigenvalue weighted by Gasteiger charge is 2.34. The van der Waals surface area contributed by atoms with Gasteiger partial charge in [0.25, 0.3) is 5.91 Å². The molecule has 5 rings (SSSR count). The maximum atomic E-state index is 12.6. The Morgan fingerprint density at radius 3 is 2.77 bits per heavy atom. The molecule has 31 heavy (non-hydrogen) atoms. The third kappa shape index (κ3) is 3.84. The van der Waals surface area contributed by atoms with Gasteiger partial charge in [-0.2, -0.15) is 0 Å². The van der Waals surface area contributed by atoms with E-state index in [-0.39, 0.29) is 24.5 Å². The van der Waals surface area contributed by atoms with Gasteiger partial charge < -0.3 is 14.4 Å². The van der Waals surface area contributed by atoms with E-state index in [2.05, 4.69) is 22.4 Å². The van der Waals surface area contributed by atoms with E-state index < -0.39 is 0 Å². The van der Waals surface area contributed by atoms with Crippen LogP contribution in [-0.4, -0.2) is 35.3 Å². The largest absolute Gasteiger partial charge is 0.454 e. The number of fused-ring (bicyclic) bond motifs is 1. The summed E-state index contributed by atoms with van der Waals surface area (Å²) in [4.78, 5) is 26.9. The van der Waals surface area contributed by atoms with Crippen LogP contribution < -0.4 is 19.7 Å². The molecule has 2 aliphatic heterocycles. The van der Waals surface area contributed by atoms with Crippen LogP contribution in [0.4, 0.5) is 10.8 Å². The van der Waals surface area contributed by atoms with Gasteiger partial charge in [-0.15, -0.1) is 10.2 Å². The molecule has 3 aromatic rings. The zero-order valence-electron chi connectivity index (χ0n) is 16.8. The van der Waals surface area contributed by atoms with Crippen LogP contribution in [0.1, 0.15) is 40.2 Å². The maximum Gasteiger partial charge on any atom is 0.257 e. The predicted octanol–water partition coefficient (Wildman–Crippen LogP) is 3.60. The predicted molar refractivity (Wildman–Crippen MR) is 116 cm³/mol. The first-order valence-corrected chi connectivity index (χ1v) is 10.9. The lowest BCUT2D eigenvalue weighted by molar-refractivity contribution is -0.117. The third-order valence-corrected chi connectivity index (χ3v) is 6.43. The third-order valence-electron chi connectivity index (χ3n) is 5.43. The molecule has 8 nitrogen and oxygen atoms in total. The summed E-state index contributed by atoms with van der Waals surface area (Å²) >= 11 is 1.29. The molecular formula is C22H20N4O4S. The molecule has 0 saturated carbocycles. The number of ether oxygens (including phenoxy) is 2. The average molecular weight is 436 g/mol. The van der Waals surface area contributed by atoms with Crippen LogP contribution in [-0.2, 0) is 11.2 Å². The molecule has 0 spiro atoms. The number of nitrogens with one attached hydrogen (secondary N) is 1. The number of rotatable bonds is 5. The van der Waals surface area contributed by atoms with Gasteiger partial charge in [0.15, 0.2) is 11.5 Å². The second-order valence-electron chi connectivity index (χ2n) is 7.39. The lowest BCUT2D eigenvalue weighted by Crippen LogP contribution is -2.24. The normalized spacial score (nSPS) is 17.3. The number of hydrogen-bond acceptors (Lipinski definition) is 7. The van der Waals surface area contributed by atoms with Gasteiger partial charge >= 0.3 is 0 Å². The molecule has 2 aliphatic rings. The number of amides is 2. The molecule has 9 heteroatoms. The summed E-state index contributed by atoms with van der Waals surface area (Å²) in [5, 5.41) is 12.2. The van der Waals surface area contributed by atoms with Gasteiger partial charge in [0, 0.05) is 30.1 Å². The summed E-state index contributed by atoms with van der Waals surface area (Å²) in [5.41, 5.74) is 2.57. The summed E-state index contributed by atoms with van der Waals surface area (Å²) in [7, 11) is 0. The summed E-state index contributed by atoms with van der Waals surface area (Å²) in [6.07, 6.45) is 1.34. The van der Waals surface area contributed by atoms with E-state index in [9.17, 15) is 9.59 Å². The molecule has 1 saturated heterocycles. The van der Waals surface area contributed by atoms with Crippen molar-refractivity contribution >= 4 is 34.0 Å². The van der Waals surface area contributed by atoms with E-state index in [1.54, 1.807) is 23.1 Å². The van der Waals surface area contributed by atoms with Crippen molar-refractivity contribution in [3.63, 3.8) is 0 Å². The topological polar surface area (TPSA) is 93.7 Å². The van der Waals surface area contributed by atoms with Gasteiger partial charge in [0.2, 0.25) is 17.8 Å². The Morgan fingerprint density at radius 1 is 1.16 bits per heavy atom. The molecule has 2 amide bonds. The molecule has 0 radical (unpaired) electrons. The monoisotopic (exact) mass is 436 g/mol. The van der Waals surface area contributed by atoms with Crippen LogP contribution in [0.3, 0.4) is 0 Å². The van der Waals surface area contributed by atoms with Crippen LogP contribution in [0, 0.1) is 0 Å². The molecule has 1 atom stereocenters. The molecular weight excluding hydrogens is 416 g/mol. The van der Waals surface area contributed by atoms with E-state index >= 15 is 0 Å². The number of carbonyl (C=O) groups is 2. The number of aromatic nitrogens is 2. The highest BCUT2D eigenvalue weighted by atomic mass is 32.1. The number of nitrogens with zero attached hydrogens (tertiary/aromatic N) is 3. The molecule has 1 N–H and O–H groups in total. The molecule has 3 heterocycles. The smallest absolute Gasteiger partial charge is 0.257 e. The van der Waals surface area contributed by atoms with E-state index in [0.29, 0.717) is 35.2 Å². The first-order valence-electron chi connectivity index (χ1n) is 10.0. The number of carbonyl (C=O) groups excluding carboxylic acids is 2. The lowest BCUT2D eigenvalue weighted by atomic mass is 10.1. The van der Waals surface area contributed by atoms with Crippen molar-refractivity contribution in [1.82, 2.24) is 10.2 Å². The Labute approximate surface area is 182 Å². The van der Waals surface area contributed by atoms with E-state index in [1.165, 1.54) is 16.9 Å². The molecule has 158 valence electrons. The zero-order valence-corrected chi connectivity index (χ0v) is 17.6. The SMILES string of the molecule is CCc1ccc(N2C[C@H](c3nnc(NC(=O)c4ccc5c(c4)OCO5)s3)CC2=O)cc1. The fourth-order valence-corrected chi connectivity index (χ4v) is 4.52. The van der Waals surface area contributed by atoms with E-state index in [0.717, 1.165) is 17.1 Å². The minimum Gasteiger partial charge on any atom is -0.454 e. The minimum atomic E-state index is -0.305. The summed E-state index contributed by atoms with van der Waals surface area (Å²) in [6, 6.07) is 13.1. The average Bonchev–Trinajstić information content (AvgIpc) is 3.53. The quantitative estimate of drug-likeness (QED) is 0.657. The first-order chi connectivity index (χ1) is 15.1. The van der Waals surface area contributed by atoms with Crippen molar-refractivity contribution in [2.75, 3.05) is 23.6 Å². The standard InChI is InChI=1S/C22H20N4O4S/c1-2-13-3-6-16(7-4-13)26-11-15(10-19(26)27)21-24-25-22(31-21)23-20(28)14-5-8-17-18(9-14)30-12-29-17/h3-9,15H,2,10-12H2,1H3,(H,23,25,28)/t15-/m1/s1. The molecule has 1 fully saturated rings. The van der Waals surface area contributed by atoms with Gasteiger partial charge in [-0.05, 0) is 42.3 Å². The zero-order chi connectivity index (χ0) is 21.4. The van der Waals surface area contributed by atoms with E-state index in [4.69, 9.17) is 9.47 Å². The van der Waals surface area contributed by atoms with Crippen molar-refractivity contribution in [3.8, 4) is 11.5 Å². The number of benzene rings is 2. The van der Waals surface area contributed by atoms with Crippen molar-refractivity contribution in [2.24, 2.45) is 0 Å². The van der Waals surface area contributed by atoms with Crippen molar-refractivity contribution in [1.29, 1.82) is 0 Å². The van der Waals surface area contributed by atoms with E-state index in [1.807, 2.05) is 24.3 Å². The highest BCUT2D eigenvalue weighted by Crippen LogP contribution is 2.35. The summed E-state index contributed by atoms with van der Waals surface area (Å²) < 4.78 is 10.6. The molecule has 1 aromatic heterocycles. The molecule has 0 aliphatic carbocycles. The van der Waals surface area contributed by atoms with Gasteiger partial charge in [0.05, 0.1) is 0 Å². The number of hydrogen-bond donors (Lipinski definition) is 1. The van der Waals surface area contributed by atoms with Gasteiger partial charge in [-0.1, -0.05) is 30.4 Å². The van der Waals surface area contributed by atoms with Crippen LogP contribution in [0.2, 0.25) is 0 Å². The van der Waals surface area contributed by atoms with Crippen molar-refractivity contribution in [2.45, 2.75) is 25.7 Å². The van der Waals surface area contributed by atoms with Crippen LogP contribution in [0.25, 0.3) is 0 Å². The van der Waals surface area contributed by atoms with Crippen molar-refractivity contribution in [3.05, 3.63) is 58.6 Å². The van der Waals surface area contributed by atoms with Crippen LogP contribution >= 0.6 is 11.3 Å². The van der Waals surface area contributed by atoms with Crippen molar-refractivity contribution < 1.29 is 19.1 Å². The Balaban J connectivity index is 1.26. The van der Waals surface area contributed by atoms with Gasteiger partial charge in [-0.25, -0.2) is 0 Å². The lowest BCUT2D eigenvalue weighted by Gasteiger charge is -2.16. The van der Waals surface area contributed by atoms with Gasteiger partial charge in [0.1, 0.15) is 5.01 Å². The molecule has 0 bridgehead atoms. The number of anilines is 2. The second kappa shape index (κ2) is 7.99. The first kappa shape index (κ1) is 19.5. The fraction of sp³-hybridized carbons (Fsp3) is 0.273. The van der Waals surface area contributed by atoms with Crippen LogP contribution in [0.5, 0.6) is 11.5 Å². The summed E-state index contributed by atoms with van der Waals surface area (Å²) in [6.45, 7) is 2.81. The summed E-state index contributed by atoms with van der Waals surface area (Å²) in [5.74, 6) is 0.875. The highest BCUT2D eigenvalue weighted by molar-refractivity contribution is 7.15.